The molecule has 2 nitrogen and oxygen atoms in total. The Hall–Kier alpha value is -0.410. The van der Waals surface area contributed by atoms with E-state index in [-0.39, 0.29) is 6.04 Å². The molecular weight excluding hydrogens is 252 g/mol. The fraction of sp³-hybridized carbons (Fsp3) is 0.583. The van der Waals surface area contributed by atoms with Crippen molar-refractivity contribution in [3.05, 3.63) is 28.5 Å². The molecule has 0 amide bonds. The van der Waals surface area contributed by atoms with Crippen LogP contribution in [0.1, 0.15) is 43.7 Å². The lowest BCUT2D eigenvalue weighted by Crippen LogP contribution is -2.14. The summed E-state index contributed by atoms with van der Waals surface area (Å²) < 4.78 is 1.02. The fourth-order valence-corrected chi connectivity index (χ4v) is 2.75. The van der Waals surface area contributed by atoms with Gasteiger partial charge >= 0.3 is 0 Å². The number of nitrogens with zero attached hydrogens (tertiary/aromatic N) is 1. The summed E-state index contributed by atoms with van der Waals surface area (Å²) in [6.45, 7) is 0. The molecule has 2 rings (SSSR count). The van der Waals surface area contributed by atoms with Crippen LogP contribution in [-0.2, 0) is 0 Å². The van der Waals surface area contributed by atoms with E-state index in [1.807, 2.05) is 6.20 Å². The molecule has 1 aliphatic rings. The number of aromatic nitrogens is 1. The summed E-state index contributed by atoms with van der Waals surface area (Å²) in [4.78, 5) is 4.15. The van der Waals surface area contributed by atoms with Gasteiger partial charge in [0.2, 0.25) is 0 Å². The predicted octanol–water partition coefficient (Wildman–Crippen LogP) is 3.42. The largest absolute Gasteiger partial charge is 0.324 e. The van der Waals surface area contributed by atoms with Gasteiger partial charge in [0, 0.05) is 22.9 Å². The van der Waals surface area contributed by atoms with E-state index in [9.17, 15) is 0 Å². The van der Waals surface area contributed by atoms with Crippen molar-refractivity contribution in [1.29, 1.82) is 0 Å². The number of nitrogens with two attached hydrogens (primary N) is 1. The molecule has 0 radical (unpaired) electrons. The van der Waals surface area contributed by atoms with Crippen LogP contribution in [0.15, 0.2) is 22.9 Å². The molecule has 1 fully saturated rings. The molecule has 0 saturated heterocycles. The van der Waals surface area contributed by atoms with Gasteiger partial charge in [0.1, 0.15) is 0 Å². The highest BCUT2D eigenvalue weighted by Crippen LogP contribution is 2.32. The lowest BCUT2D eigenvalue weighted by molar-refractivity contribution is 0.450. The molecule has 82 valence electrons. The molecule has 1 saturated carbocycles. The molecular formula is C12H17BrN2. The van der Waals surface area contributed by atoms with Crippen LogP contribution in [0, 0.1) is 5.92 Å². The minimum absolute atomic E-state index is 0.151. The number of rotatable bonds is 3. The van der Waals surface area contributed by atoms with Gasteiger partial charge in [0.25, 0.3) is 0 Å². The molecule has 1 unspecified atom stereocenters. The highest BCUT2D eigenvalue weighted by molar-refractivity contribution is 9.10. The summed E-state index contributed by atoms with van der Waals surface area (Å²) in [5, 5.41) is 0. The minimum atomic E-state index is 0.151. The molecule has 1 heterocycles. The Morgan fingerprint density at radius 2 is 2.13 bits per heavy atom. The van der Waals surface area contributed by atoms with Crippen LogP contribution in [0.4, 0.5) is 0 Å². The van der Waals surface area contributed by atoms with Gasteiger partial charge in [-0.2, -0.15) is 0 Å². The first-order valence-electron chi connectivity index (χ1n) is 5.62. The van der Waals surface area contributed by atoms with E-state index >= 15 is 0 Å². The smallest absolute Gasteiger partial charge is 0.0410 e. The van der Waals surface area contributed by atoms with E-state index in [1.54, 1.807) is 6.20 Å². The van der Waals surface area contributed by atoms with E-state index in [4.69, 9.17) is 5.73 Å². The molecule has 1 atom stereocenters. The zero-order valence-corrected chi connectivity index (χ0v) is 10.4. The van der Waals surface area contributed by atoms with Crippen molar-refractivity contribution in [2.24, 2.45) is 11.7 Å². The highest BCUT2D eigenvalue weighted by Gasteiger charge is 2.19. The van der Waals surface area contributed by atoms with Crippen LogP contribution in [0.5, 0.6) is 0 Å². The van der Waals surface area contributed by atoms with Crippen LogP contribution in [0.2, 0.25) is 0 Å². The molecule has 0 aromatic carbocycles. The Labute approximate surface area is 99.4 Å². The van der Waals surface area contributed by atoms with Crippen molar-refractivity contribution in [3.8, 4) is 0 Å². The Morgan fingerprint density at radius 3 is 2.80 bits per heavy atom. The minimum Gasteiger partial charge on any atom is -0.324 e. The number of halogens is 1. The topological polar surface area (TPSA) is 38.9 Å². The normalized spacial score (nSPS) is 19.3. The second-order valence-electron chi connectivity index (χ2n) is 4.43. The van der Waals surface area contributed by atoms with E-state index in [2.05, 4.69) is 27.0 Å². The Morgan fingerprint density at radius 1 is 1.40 bits per heavy atom. The van der Waals surface area contributed by atoms with Crippen molar-refractivity contribution in [2.75, 3.05) is 0 Å². The molecule has 3 heteroatoms. The van der Waals surface area contributed by atoms with E-state index in [0.29, 0.717) is 0 Å². The van der Waals surface area contributed by atoms with Crippen molar-refractivity contribution < 1.29 is 0 Å². The first kappa shape index (κ1) is 11.1. The van der Waals surface area contributed by atoms with E-state index < -0.39 is 0 Å². The molecule has 1 aliphatic carbocycles. The zero-order chi connectivity index (χ0) is 10.7. The predicted molar refractivity (Wildman–Crippen MR) is 65.4 cm³/mol. The molecule has 0 spiro atoms. The third-order valence-corrected chi connectivity index (χ3v) is 3.65. The third kappa shape index (κ3) is 3.02. The number of pyridine rings is 1. The fourth-order valence-electron chi connectivity index (χ4n) is 2.37. The van der Waals surface area contributed by atoms with Crippen LogP contribution < -0.4 is 5.73 Å². The first-order valence-corrected chi connectivity index (χ1v) is 6.41. The van der Waals surface area contributed by atoms with E-state index in [1.165, 1.54) is 25.7 Å². The van der Waals surface area contributed by atoms with Gasteiger partial charge in [-0.3, -0.25) is 4.98 Å². The van der Waals surface area contributed by atoms with Gasteiger partial charge in [0.05, 0.1) is 0 Å². The molecule has 0 bridgehead atoms. The number of hydrogen-bond acceptors (Lipinski definition) is 2. The highest BCUT2D eigenvalue weighted by atomic mass is 79.9. The van der Waals surface area contributed by atoms with Crippen LogP contribution in [0.25, 0.3) is 0 Å². The van der Waals surface area contributed by atoms with Gasteiger partial charge in [-0.1, -0.05) is 25.7 Å². The molecule has 1 aromatic heterocycles. The summed E-state index contributed by atoms with van der Waals surface area (Å²) in [5.41, 5.74) is 7.33. The average Bonchev–Trinajstić information content (AvgIpc) is 2.70. The summed E-state index contributed by atoms with van der Waals surface area (Å²) in [6, 6.07) is 2.23. The standard InChI is InChI=1S/C12H17BrN2/c13-11-6-10(7-15-8-11)12(14)5-9-3-1-2-4-9/h6-9,12H,1-5,14H2. The quantitative estimate of drug-likeness (QED) is 0.913. The average molecular weight is 269 g/mol. The Kier molecular flexibility index (Phi) is 3.76. The molecule has 2 N–H and O–H groups in total. The number of hydrogen-bond donors (Lipinski definition) is 1. The van der Waals surface area contributed by atoms with Gasteiger partial charge in [0.15, 0.2) is 0 Å². The maximum absolute atomic E-state index is 6.18. The summed E-state index contributed by atoms with van der Waals surface area (Å²) >= 11 is 3.43. The second kappa shape index (κ2) is 5.08. The van der Waals surface area contributed by atoms with Gasteiger partial charge in [-0.05, 0) is 39.9 Å². The SMILES string of the molecule is NC(CC1CCCC1)c1cncc(Br)c1. The lowest BCUT2D eigenvalue weighted by atomic mass is 9.95. The van der Waals surface area contributed by atoms with Crippen LogP contribution >= 0.6 is 15.9 Å². The van der Waals surface area contributed by atoms with Crippen molar-refractivity contribution >= 4 is 15.9 Å². The Balaban J connectivity index is 1.97. The van der Waals surface area contributed by atoms with Gasteiger partial charge in [-0.15, -0.1) is 0 Å². The molecule has 0 aliphatic heterocycles. The van der Waals surface area contributed by atoms with Crippen LogP contribution in [-0.4, -0.2) is 4.98 Å². The molecule has 1 aromatic rings. The zero-order valence-electron chi connectivity index (χ0n) is 8.82. The molecule has 15 heavy (non-hydrogen) atoms. The maximum Gasteiger partial charge on any atom is 0.0410 e. The third-order valence-electron chi connectivity index (χ3n) is 3.22. The van der Waals surface area contributed by atoms with Crippen molar-refractivity contribution in [2.45, 2.75) is 38.1 Å². The van der Waals surface area contributed by atoms with Crippen molar-refractivity contribution in [3.63, 3.8) is 0 Å². The van der Waals surface area contributed by atoms with Gasteiger partial charge in [-0.25, -0.2) is 0 Å². The summed E-state index contributed by atoms with van der Waals surface area (Å²) in [5.74, 6) is 0.832. The van der Waals surface area contributed by atoms with E-state index in [0.717, 1.165) is 22.4 Å². The monoisotopic (exact) mass is 268 g/mol. The summed E-state index contributed by atoms with van der Waals surface area (Å²) in [6.07, 6.45) is 10.3. The summed E-state index contributed by atoms with van der Waals surface area (Å²) in [7, 11) is 0. The first-order chi connectivity index (χ1) is 7.25. The Bertz CT molecular complexity index is 321. The van der Waals surface area contributed by atoms with Crippen LogP contribution in [0.3, 0.4) is 0 Å². The maximum atomic E-state index is 6.18. The van der Waals surface area contributed by atoms with Crippen molar-refractivity contribution in [1.82, 2.24) is 4.98 Å². The lowest BCUT2D eigenvalue weighted by Gasteiger charge is -2.16. The van der Waals surface area contributed by atoms with Gasteiger partial charge < -0.3 is 5.73 Å². The second-order valence-corrected chi connectivity index (χ2v) is 5.34.